The minimum Gasteiger partial charge on any atom is -0.465 e. The van der Waals surface area contributed by atoms with Crippen LogP contribution >= 0.6 is 0 Å². The average Bonchev–Trinajstić information content (AvgIpc) is 2.64. The average molecular weight is 320 g/mol. The van der Waals surface area contributed by atoms with Gasteiger partial charge in [0.25, 0.3) is 0 Å². The number of methoxy groups -OCH3 is 2. The van der Waals surface area contributed by atoms with Crippen LogP contribution in [0.5, 0.6) is 0 Å². The van der Waals surface area contributed by atoms with E-state index >= 15 is 0 Å². The monoisotopic (exact) mass is 320 g/mol. The van der Waals surface area contributed by atoms with Crippen LogP contribution in [0, 0.1) is 11.8 Å². The zero-order valence-electron chi connectivity index (χ0n) is 13.4. The van der Waals surface area contributed by atoms with Gasteiger partial charge in [-0.25, -0.2) is 9.59 Å². The summed E-state index contributed by atoms with van der Waals surface area (Å²) in [7, 11) is 2.42. The minimum atomic E-state index is -0.757. The Labute approximate surface area is 140 Å². The van der Waals surface area contributed by atoms with Crippen molar-refractivity contribution in [3.05, 3.63) is 76.9 Å². The number of ether oxygens (including phenoxy) is 2. The molecule has 0 fully saturated rings. The summed E-state index contributed by atoms with van der Waals surface area (Å²) in [5.74, 6) is 4.59. The summed E-state index contributed by atoms with van der Waals surface area (Å²) in [6, 6.07) is 16.7. The van der Waals surface area contributed by atoms with Crippen LogP contribution in [0.1, 0.15) is 16.7 Å². The van der Waals surface area contributed by atoms with Gasteiger partial charge >= 0.3 is 11.9 Å². The molecule has 2 aromatic rings. The van der Waals surface area contributed by atoms with Gasteiger partial charge in [0.1, 0.15) is 5.57 Å². The van der Waals surface area contributed by atoms with Crippen molar-refractivity contribution < 1.29 is 19.1 Å². The molecule has 24 heavy (non-hydrogen) atoms. The van der Waals surface area contributed by atoms with Crippen molar-refractivity contribution in [2.45, 2.75) is 0 Å². The normalized spacial score (nSPS) is 9.25. The number of benzene rings is 2. The van der Waals surface area contributed by atoms with Gasteiger partial charge in [-0.1, -0.05) is 48.2 Å². The minimum absolute atomic E-state index is 0.186. The van der Waals surface area contributed by atoms with Gasteiger partial charge in [0.15, 0.2) is 0 Å². The first-order valence-corrected chi connectivity index (χ1v) is 7.20. The molecule has 0 aromatic heterocycles. The van der Waals surface area contributed by atoms with Crippen molar-refractivity contribution >= 4 is 18.0 Å². The first-order chi connectivity index (χ1) is 11.7. The number of hydrogen-bond donors (Lipinski definition) is 0. The SMILES string of the molecule is COC(=O)C(=Cc1ccccc1C#Cc1ccccc1)C(=O)OC. The maximum atomic E-state index is 11.8. The molecule has 0 amide bonds. The number of hydrogen-bond acceptors (Lipinski definition) is 4. The Kier molecular flexibility index (Phi) is 5.93. The van der Waals surface area contributed by atoms with E-state index in [1.807, 2.05) is 42.5 Å². The van der Waals surface area contributed by atoms with Gasteiger partial charge in [0.2, 0.25) is 0 Å². The molecule has 0 aliphatic rings. The molecule has 0 spiro atoms. The lowest BCUT2D eigenvalue weighted by molar-refractivity contribution is -0.143. The van der Waals surface area contributed by atoms with Crippen LogP contribution in [-0.2, 0) is 19.1 Å². The number of esters is 2. The highest BCUT2D eigenvalue weighted by atomic mass is 16.5. The summed E-state index contributed by atoms with van der Waals surface area (Å²) < 4.78 is 9.27. The van der Waals surface area contributed by atoms with E-state index in [1.54, 1.807) is 12.1 Å². The lowest BCUT2D eigenvalue weighted by Crippen LogP contribution is -2.15. The first-order valence-electron chi connectivity index (χ1n) is 7.20. The smallest absolute Gasteiger partial charge is 0.345 e. The fraction of sp³-hybridized carbons (Fsp3) is 0.100. The second kappa shape index (κ2) is 8.35. The third kappa shape index (κ3) is 4.34. The van der Waals surface area contributed by atoms with Gasteiger partial charge in [-0.2, -0.15) is 0 Å². The standard InChI is InChI=1S/C20H16O4/c1-23-19(21)18(20(22)24-2)14-17-11-7-6-10-16(17)13-12-15-8-4-3-5-9-15/h3-11,14H,1-2H3. The van der Waals surface area contributed by atoms with E-state index in [0.717, 1.165) is 5.56 Å². The van der Waals surface area contributed by atoms with Crippen molar-refractivity contribution in [1.29, 1.82) is 0 Å². The summed E-state index contributed by atoms with van der Waals surface area (Å²) in [4.78, 5) is 23.6. The molecule has 0 N–H and O–H groups in total. The highest BCUT2D eigenvalue weighted by Gasteiger charge is 2.20. The first kappa shape index (κ1) is 17.0. The van der Waals surface area contributed by atoms with E-state index in [-0.39, 0.29) is 5.57 Å². The Hall–Kier alpha value is -3.32. The van der Waals surface area contributed by atoms with E-state index in [2.05, 4.69) is 21.3 Å². The van der Waals surface area contributed by atoms with Crippen molar-refractivity contribution in [2.24, 2.45) is 0 Å². The molecule has 0 saturated heterocycles. The number of rotatable bonds is 3. The molecule has 0 heterocycles. The molecule has 0 atom stereocenters. The van der Waals surface area contributed by atoms with Crippen LogP contribution in [0.2, 0.25) is 0 Å². The van der Waals surface area contributed by atoms with E-state index in [1.165, 1.54) is 20.3 Å². The molecule has 0 radical (unpaired) electrons. The topological polar surface area (TPSA) is 52.6 Å². The van der Waals surface area contributed by atoms with Crippen LogP contribution in [0.4, 0.5) is 0 Å². The summed E-state index contributed by atoms with van der Waals surface area (Å²) in [5.41, 5.74) is 2.00. The fourth-order valence-electron chi connectivity index (χ4n) is 1.97. The van der Waals surface area contributed by atoms with Crippen LogP contribution in [0.25, 0.3) is 6.08 Å². The van der Waals surface area contributed by atoms with E-state index in [4.69, 9.17) is 0 Å². The van der Waals surface area contributed by atoms with Gasteiger partial charge in [-0.3, -0.25) is 0 Å². The second-order valence-electron chi connectivity index (χ2n) is 4.74. The van der Waals surface area contributed by atoms with Crippen LogP contribution in [-0.4, -0.2) is 26.2 Å². The number of carbonyl (C=O) groups excluding carboxylic acids is 2. The van der Waals surface area contributed by atoms with Gasteiger partial charge in [0.05, 0.1) is 14.2 Å². The molecule has 2 rings (SSSR count). The Bertz CT molecular complexity index is 805. The third-order valence-electron chi connectivity index (χ3n) is 3.19. The molecule has 0 saturated carbocycles. The summed E-state index contributed by atoms with van der Waals surface area (Å²) >= 11 is 0. The maximum Gasteiger partial charge on any atom is 0.345 e. The van der Waals surface area contributed by atoms with E-state index in [9.17, 15) is 9.59 Å². The molecule has 2 aromatic carbocycles. The molecule has 120 valence electrons. The molecule has 0 aliphatic heterocycles. The largest absolute Gasteiger partial charge is 0.465 e. The molecule has 4 nitrogen and oxygen atoms in total. The fourth-order valence-corrected chi connectivity index (χ4v) is 1.97. The molecule has 4 heteroatoms. The van der Waals surface area contributed by atoms with E-state index in [0.29, 0.717) is 11.1 Å². The Balaban J connectivity index is 2.45. The highest BCUT2D eigenvalue weighted by Crippen LogP contribution is 2.14. The van der Waals surface area contributed by atoms with Gasteiger partial charge in [-0.05, 0) is 29.8 Å². The van der Waals surface area contributed by atoms with Crippen LogP contribution in [0.3, 0.4) is 0 Å². The predicted molar refractivity (Wildman–Crippen MR) is 90.9 cm³/mol. The molecular formula is C20H16O4. The van der Waals surface area contributed by atoms with Gasteiger partial charge in [-0.15, -0.1) is 0 Å². The predicted octanol–water partition coefficient (Wildman–Crippen LogP) is 2.82. The lowest BCUT2D eigenvalue weighted by atomic mass is 10.0. The zero-order chi connectivity index (χ0) is 17.4. The van der Waals surface area contributed by atoms with Crippen molar-refractivity contribution in [3.8, 4) is 11.8 Å². The van der Waals surface area contributed by atoms with Gasteiger partial charge < -0.3 is 9.47 Å². The van der Waals surface area contributed by atoms with Crippen molar-refractivity contribution in [3.63, 3.8) is 0 Å². The molecule has 0 bridgehead atoms. The number of carbonyl (C=O) groups is 2. The summed E-state index contributed by atoms with van der Waals surface area (Å²) in [5, 5.41) is 0. The Morgan fingerprint density at radius 2 is 1.42 bits per heavy atom. The third-order valence-corrected chi connectivity index (χ3v) is 3.19. The second-order valence-corrected chi connectivity index (χ2v) is 4.74. The Morgan fingerprint density at radius 3 is 2.04 bits per heavy atom. The molecule has 0 aliphatic carbocycles. The quantitative estimate of drug-likeness (QED) is 0.287. The van der Waals surface area contributed by atoms with Crippen LogP contribution < -0.4 is 0 Å². The van der Waals surface area contributed by atoms with E-state index < -0.39 is 11.9 Å². The van der Waals surface area contributed by atoms with Crippen molar-refractivity contribution in [1.82, 2.24) is 0 Å². The summed E-state index contributed by atoms with van der Waals surface area (Å²) in [6.07, 6.45) is 1.42. The Morgan fingerprint density at radius 1 is 0.833 bits per heavy atom. The molecule has 0 unspecified atom stereocenters. The summed E-state index contributed by atoms with van der Waals surface area (Å²) in [6.45, 7) is 0. The zero-order valence-corrected chi connectivity index (χ0v) is 13.4. The van der Waals surface area contributed by atoms with Crippen molar-refractivity contribution in [2.75, 3.05) is 14.2 Å². The van der Waals surface area contributed by atoms with Crippen LogP contribution in [0.15, 0.2) is 60.2 Å². The molecular weight excluding hydrogens is 304 g/mol. The lowest BCUT2D eigenvalue weighted by Gasteiger charge is -2.04. The highest BCUT2D eigenvalue weighted by molar-refractivity contribution is 6.17. The van der Waals surface area contributed by atoms with Gasteiger partial charge in [0, 0.05) is 11.1 Å². The maximum absolute atomic E-state index is 11.8.